The lowest BCUT2D eigenvalue weighted by Crippen LogP contribution is -2.25. The number of phenolic OH excluding ortho intramolecular Hbond substituents is 2. The third kappa shape index (κ3) is 6.09. The third-order valence-electron chi connectivity index (χ3n) is 6.92. The fourth-order valence-corrected chi connectivity index (χ4v) is 4.94. The first kappa shape index (κ1) is 26.3. The molecule has 1 fully saturated rings. The molecule has 0 atom stereocenters. The lowest BCUT2D eigenvalue weighted by molar-refractivity contribution is 0.307. The average molecular weight is 439 g/mol. The van der Waals surface area contributed by atoms with Crippen molar-refractivity contribution >= 4 is 0 Å². The second-order valence-electron chi connectivity index (χ2n) is 12.3. The topological polar surface area (TPSA) is 40.5 Å². The Kier molecular flexibility index (Phi) is 7.80. The predicted octanol–water partition coefficient (Wildman–Crippen LogP) is 8.53. The molecule has 2 heteroatoms. The van der Waals surface area contributed by atoms with Crippen molar-refractivity contribution in [3.63, 3.8) is 0 Å². The van der Waals surface area contributed by atoms with E-state index in [1.54, 1.807) is 0 Å². The molecular weight excluding hydrogens is 392 g/mol. The van der Waals surface area contributed by atoms with Crippen LogP contribution >= 0.6 is 0 Å². The summed E-state index contributed by atoms with van der Waals surface area (Å²) in [7, 11) is 0. The van der Waals surface area contributed by atoms with Crippen molar-refractivity contribution in [1.29, 1.82) is 0 Å². The van der Waals surface area contributed by atoms with E-state index >= 15 is 0 Å². The highest BCUT2D eigenvalue weighted by Crippen LogP contribution is 2.44. The Morgan fingerprint density at radius 1 is 0.656 bits per heavy atom. The van der Waals surface area contributed by atoms with Crippen LogP contribution in [-0.2, 0) is 16.2 Å². The quantitative estimate of drug-likeness (QED) is 0.468. The summed E-state index contributed by atoms with van der Waals surface area (Å²) >= 11 is 0. The highest BCUT2D eigenvalue weighted by molar-refractivity contribution is 5.49. The van der Waals surface area contributed by atoms with E-state index in [9.17, 15) is 10.2 Å². The third-order valence-corrected chi connectivity index (χ3v) is 6.92. The molecule has 0 spiro atoms. The molecule has 0 unspecified atom stereocenters. The Morgan fingerprint density at radius 2 is 1.09 bits per heavy atom. The highest BCUT2D eigenvalue weighted by atomic mass is 16.3. The Hall–Kier alpha value is -1.96. The van der Waals surface area contributed by atoms with E-state index in [2.05, 4.69) is 86.6 Å². The van der Waals surface area contributed by atoms with E-state index in [1.807, 2.05) is 6.92 Å². The Labute approximate surface area is 197 Å². The number of benzene rings is 2. The van der Waals surface area contributed by atoms with Crippen molar-refractivity contribution in [2.75, 3.05) is 0 Å². The molecule has 0 bridgehead atoms. The van der Waals surface area contributed by atoms with Gasteiger partial charge in [-0.3, -0.25) is 0 Å². The van der Waals surface area contributed by atoms with Crippen LogP contribution in [0.5, 0.6) is 11.5 Å². The minimum atomic E-state index is -0.0178. The summed E-state index contributed by atoms with van der Waals surface area (Å²) in [6.07, 6.45) is 6.36. The molecule has 2 aromatic rings. The molecule has 0 aliphatic heterocycles. The van der Waals surface area contributed by atoms with Gasteiger partial charge in [0.05, 0.1) is 0 Å². The van der Waals surface area contributed by atoms with Gasteiger partial charge >= 0.3 is 0 Å². The number of hydrogen-bond acceptors (Lipinski definition) is 2. The standard InChI is InChI=1S/C15H22O.C15H24O/c1-11-9-12(2)14(16)13(10-11)15(3)7-5-4-6-8-15;1-10-8-11(14(2,3)4)13(16)12(9-10)15(5,6)7/h9-10,16H,4-8H2,1-3H3;8-9,16H,1-7H3. The van der Waals surface area contributed by atoms with Gasteiger partial charge in [0.15, 0.2) is 0 Å². The van der Waals surface area contributed by atoms with Gasteiger partial charge in [-0.2, -0.15) is 0 Å². The van der Waals surface area contributed by atoms with Crippen LogP contribution in [0.4, 0.5) is 0 Å². The van der Waals surface area contributed by atoms with Crippen LogP contribution in [-0.4, -0.2) is 10.2 Å². The lowest BCUT2D eigenvalue weighted by atomic mass is 9.70. The highest BCUT2D eigenvalue weighted by Gasteiger charge is 2.31. The molecule has 0 saturated heterocycles. The van der Waals surface area contributed by atoms with Gasteiger partial charge in [-0.1, -0.05) is 103 Å². The zero-order valence-electron chi connectivity index (χ0n) is 22.2. The van der Waals surface area contributed by atoms with Crippen LogP contribution in [0.15, 0.2) is 24.3 Å². The van der Waals surface area contributed by atoms with Gasteiger partial charge in [0.25, 0.3) is 0 Å². The van der Waals surface area contributed by atoms with Gasteiger partial charge < -0.3 is 10.2 Å². The molecule has 2 aromatic carbocycles. The average Bonchev–Trinajstić information content (AvgIpc) is 2.65. The molecule has 0 aromatic heterocycles. The van der Waals surface area contributed by atoms with Crippen LogP contribution in [0.1, 0.15) is 114 Å². The van der Waals surface area contributed by atoms with Crippen molar-refractivity contribution in [2.45, 2.75) is 118 Å². The number of aryl methyl sites for hydroxylation is 3. The maximum atomic E-state index is 10.4. The molecule has 3 rings (SSSR count). The van der Waals surface area contributed by atoms with Crippen molar-refractivity contribution in [3.05, 3.63) is 57.6 Å². The molecule has 32 heavy (non-hydrogen) atoms. The van der Waals surface area contributed by atoms with Crippen LogP contribution in [0.2, 0.25) is 0 Å². The molecule has 178 valence electrons. The molecule has 1 saturated carbocycles. The molecule has 1 aliphatic rings. The maximum absolute atomic E-state index is 10.4. The van der Waals surface area contributed by atoms with Crippen molar-refractivity contribution in [3.8, 4) is 11.5 Å². The normalized spacial score (nSPS) is 16.3. The second-order valence-corrected chi connectivity index (χ2v) is 12.3. The van der Waals surface area contributed by atoms with Crippen LogP contribution in [0.3, 0.4) is 0 Å². The van der Waals surface area contributed by atoms with Gasteiger partial charge in [-0.05, 0) is 66.5 Å². The first-order chi connectivity index (χ1) is 14.6. The first-order valence-electron chi connectivity index (χ1n) is 12.2. The molecule has 0 amide bonds. The Balaban J connectivity index is 0.000000227. The molecule has 2 N–H and O–H groups in total. The van der Waals surface area contributed by atoms with Gasteiger partial charge in [0.2, 0.25) is 0 Å². The monoisotopic (exact) mass is 438 g/mol. The van der Waals surface area contributed by atoms with Gasteiger partial charge in [0.1, 0.15) is 11.5 Å². The summed E-state index contributed by atoms with van der Waals surface area (Å²) in [5.41, 5.74) is 6.90. The van der Waals surface area contributed by atoms with E-state index in [0.717, 1.165) is 16.7 Å². The van der Waals surface area contributed by atoms with Gasteiger partial charge in [-0.15, -0.1) is 0 Å². The van der Waals surface area contributed by atoms with E-state index in [-0.39, 0.29) is 16.2 Å². The van der Waals surface area contributed by atoms with Crippen LogP contribution < -0.4 is 0 Å². The fourth-order valence-electron chi connectivity index (χ4n) is 4.94. The Morgan fingerprint density at radius 3 is 1.53 bits per heavy atom. The zero-order chi connectivity index (χ0) is 24.5. The van der Waals surface area contributed by atoms with Crippen LogP contribution in [0, 0.1) is 20.8 Å². The first-order valence-corrected chi connectivity index (χ1v) is 12.2. The van der Waals surface area contributed by atoms with Crippen LogP contribution in [0.25, 0.3) is 0 Å². The summed E-state index contributed by atoms with van der Waals surface area (Å²) in [6, 6.07) is 8.41. The van der Waals surface area contributed by atoms with Crippen molar-refractivity contribution in [2.24, 2.45) is 0 Å². The molecular formula is C30H46O2. The number of aromatic hydroxyl groups is 2. The summed E-state index contributed by atoms with van der Waals surface area (Å²) < 4.78 is 0. The number of hydrogen-bond donors (Lipinski definition) is 2. The zero-order valence-corrected chi connectivity index (χ0v) is 22.2. The maximum Gasteiger partial charge on any atom is 0.123 e. The molecule has 0 radical (unpaired) electrons. The van der Waals surface area contributed by atoms with E-state index in [4.69, 9.17) is 0 Å². The van der Waals surface area contributed by atoms with E-state index < -0.39 is 0 Å². The largest absolute Gasteiger partial charge is 0.507 e. The van der Waals surface area contributed by atoms with E-state index in [0.29, 0.717) is 11.5 Å². The molecule has 0 heterocycles. The number of phenols is 2. The van der Waals surface area contributed by atoms with Gasteiger partial charge in [0, 0.05) is 5.56 Å². The lowest BCUT2D eigenvalue weighted by Gasteiger charge is -2.35. The Bertz CT molecular complexity index is 898. The van der Waals surface area contributed by atoms with Gasteiger partial charge in [-0.25, -0.2) is 0 Å². The minimum absolute atomic E-state index is 0.0178. The van der Waals surface area contributed by atoms with E-state index in [1.165, 1.54) is 48.8 Å². The summed E-state index contributed by atoms with van der Waals surface area (Å²) in [5, 5.41) is 20.6. The molecule has 1 aliphatic carbocycles. The summed E-state index contributed by atoms with van der Waals surface area (Å²) in [6.45, 7) is 21.3. The fraction of sp³-hybridized carbons (Fsp3) is 0.600. The minimum Gasteiger partial charge on any atom is -0.507 e. The summed E-state index contributed by atoms with van der Waals surface area (Å²) in [4.78, 5) is 0. The molecule has 2 nitrogen and oxygen atoms in total. The predicted molar refractivity (Wildman–Crippen MR) is 138 cm³/mol. The summed E-state index contributed by atoms with van der Waals surface area (Å²) in [5.74, 6) is 0.987. The smallest absolute Gasteiger partial charge is 0.123 e. The van der Waals surface area contributed by atoms with Crippen molar-refractivity contribution in [1.82, 2.24) is 0 Å². The van der Waals surface area contributed by atoms with Crippen molar-refractivity contribution < 1.29 is 10.2 Å². The SMILES string of the molecule is Cc1cc(C(C)(C)C)c(O)c(C(C)(C)C)c1.Cc1cc(C)c(O)c(C2(C)CCCCC2)c1. The second kappa shape index (κ2) is 9.49. The number of rotatable bonds is 1.